The minimum Gasteiger partial charge on any atom is -0.478 e. The predicted molar refractivity (Wildman–Crippen MR) is 78.3 cm³/mol. The van der Waals surface area contributed by atoms with Crippen LogP contribution in [0.1, 0.15) is 27.0 Å². The molecule has 0 radical (unpaired) electrons. The van der Waals surface area contributed by atoms with Crippen molar-refractivity contribution in [2.75, 3.05) is 0 Å². The summed E-state index contributed by atoms with van der Waals surface area (Å²) >= 11 is 0. The third-order valence-corrected chi connectivity index (χ3v) is 3.09. The van der Waals surface area contributed by atoms with Crippen molar-refractivity contribution in [2.45, 2.75) is 19.6 Å². The van der Waals surface area contributed by atoms with E-state index in [1.165, 1.54) is 5.56 Å². The average Bonchev–Trinajstić information content (AvgIpc) is 2.48. The molecule has 4 nitrogen and oxygen atoms in total. The van der Waals surface area contributed by atoms with E-state index >= 15 is 0 Å². The van der Waals surface area contributed by atoms with Gasteiger partial charge in [0, 0.05) is 19.6 Å². The number of aromatic carboxylic acids is 1. The molecule has 20 heavy (non-hydrogen) atoms. The van der Waals surface area contributed by atoms with Gasteiger partial charge < -0.3 is 16.2 Å². The standard InChI is InChI=1S/C16H18N2O2/c17-9-12-4-6-13(7-5-12)10-18-11-14-2-1-3-15(8-14)16(19)20/h1-8,18H,9-11,17H2,(H,19,20). The number of nitrogens with one attached hydrogen (secondary N) is 1. The van der Waals surface area contributed by atoms with E-state index in [4.69, 9.17) is 10.8 Å². The van der Waals surface area contributed by atoms with E-state index in [0.29, 0.717) is 18.7 Å². The van der Waals surface area contributed by atoms with Gasteiger partial charge in [-0.05, 0) is 28.8 Å². The van der Waals surface area contributed by atoms with Crippen molar-refractivity contribution in [3.05, 3.63) is 70.8 Å². The van der Waals surface area contributed by atoms with E-state index in [1.54, 1.807) is 18.2 Å². The van der Waals surface area contributed by atoms with Crippen molar-refractivity contribution in [3.63, 3.8) is 0 Å². The highest BCUT2D eigenvalue weighted by molar-refractivity contribution is 5.87. The number of hydrogen-bond donors (Lipinski definition) is 3. The fourth-order valence-electron chi connectivity index (χ4n) is 1.96. The molecule has 0 aliphatic heterocycles. The van der Waals surface area contributed by atoms with Gasteiger partial charge in [-0.1, -0.05) is 36.4 Å². The molecule has 0 amide bonds. The number of benzene rings is 2. The largest absolute Gasteiger partial charge is 0.478 e. The quantitative estimate of drug-likeness (QED) is 0.751. The van der Waals surface area contributed by atoms with Crippen LogP contribution in [0.25, 0.3) is 0 Å². The van der Waals surface area contributed by atoms with Gasteiger partial charge in [-0.15, -0.1) is 0 Å². The molecular weight excluding hydrogens is 252 g/mol. The van der Waals surface area contributed by atoms with Gasteiger partial charge in [0.1, 0.15) is 0 Å². The Hall–Kier alpha value is -2.17. The van der Waals surface area contributed by atoms with Crippen molar-refractivity contribution in [1.82, 2.24) is 5.32 Å². The lowest BCUT2D eigenvalue weighted by atomic mass is 10.1. The monoisotopic (exact) mass is 270 g/mol. The SMILES string of the molecule is NCc1ccc(CNCc2cccc(C(=O)O)c2)cc1. The van der Waals surface area contributed by atoms with Crippen LogP contribution >= 0.6 is 0 Å². The number of hydrogen-bond acceptors (Lipinski definition) is 3. The second-order valence-corrected chi connectivity index (χ2v) is 4.63. The van der Waals surface area contributed by atoms with Gasteiger partial charge in [-0.25, -0.2) is 4.79 Å². The van der Waals surface area contributed by atoms with Gasteiger partial charge in [-0.2, -0.15) is 0 Å². The van der Waals surface area contributed by atoms with Gasteiger partial charge in [0.15, 0.2) is 0 Å². The first-order chi connectivity index (χ1) is 9.69. The van der Waals surface area contributed by atoms with Gasteiger partial charge >= 0.3 is 5.97 Å². The van der Waals surface area contributed by atoms with E-state index < -0.39 is 5.97 Å². The molecule has 4 N–H and O–H groups in total. The third-order valence-electron chi connectivity index (χ3n) is 3.09. The van der Waals surface area contributed by atoms with E-state index in [-0.39, 0.29) is 0 Å². The van der Waals surface area contributed by atoms with Crippen molar-refractivity contribution in [1.29, 1.82) is 0 Å². The van der Waals surface area contributed by atoms with Gasteiger partial charge in [0.05, 0.1) is 5.56 Å². The molecule has 0 atom stereocenters. The van der Waals surface area contributed by atoms with Crippen LogP contribution in [0.3, 0.4) is 0 Å². The molecule has 0 saturated heterocycles. The molecule has 0 saturated carbocycles. The summed E-state index contributed by atoms with van der Waals surface area (Å²) < 4.78 is 0. The number of carboxylic acids is 1. The number of carboxylic acid groups (broad SMARTS) is 1. The summed E-state index contributed by atoms with van der Waals surface area (Å²) in [5.74, 6) is -0.899. The maximum absolute atomic E-state index is 10.9. The third kappa shape index (κ3) is 3.91. The van der Waals surface area contributed by atoms with Crippen LogP contribution < -0.4 is 11.1 Å². The van der Waals surface area contributed by atoms with E-state index in [2.05, 4.69) is 5.32 Å². The molecule has 104 valence electrons. The van der Waals surface area contributed by atoms with Crippen LogP contribution in [0, 0.1) is 0 Å². The molecule has 0 aromatic heterocycles. The molecule has 2 aromatic rings. The lowest BCUT2D eigenvalue weighted by Gasteiger charge is -2.06. The molecule has 0 aliphatic carbocycles. The zero-order valence-corrected chi connectivity index (χ0v) is 11.2. The Kier molecular flexibility index (Phi) is 4.87. The minimum atomic E-state index is -0.899. The molecule has 0 fully saturated rings. The maximum atomic E-state index is 10.9. The van der Waals surface area contributed by atoms with Crippen LogP contribution in [-0.2, 0) is 19.6 Å². The summed E-state index contributed by atoms with van der Waals surface area (Å²) in [5.41, 5.74) is 9.12. The Balaban J connectivity index is 1.88. The number of nitrogens with two attached hydrogens (primary N) is 1. The average molecular weight is 270 g/mol. The summed E-state index contributed by atoms with van der Waals surface area (Å²) in [6.45, 7) is 1.93. The zero-order chi connectivity index (χ0) is 14.4. The van der Waals surface area contributed by atoms with Gasteiger partial charge in [0.2, 0.25) is 0 Å². The molecule has 0 aliphatic rings. The molecular formula is C16H18N2O2. The summed E-state index contributed by atoms with van der Waals surface area (Å²) in [4.78, 5) is 10.9. The fraction of sp³-hybridized carbons (Fsp3) is 0.188. The van der Waals surface area contributed by atoms with Crippen molar-refractivity contribution < 1.29 is 9.90 Å². The lowest BCUT2D eigenvalue weighted by molar-refractivity contribution is 0.0696. The molecule has 4 heteroatoms. The van der Waals surface area contributed by atoms with Crippen molar-refractivity contribution in [2.24, 2.45) is 5.73 Å². The Morgan fingerprint density at radius 3 is 2.30 bits per heavy atom. The number of carbonyl (C=O) groups is 1. The van der Waals surface area contributed by atoms with Crippen LogP contribution in [0.4, 0.5) is 0 Å². The first-order valence-corrected chi connectivity index (χ1v) is 6.50. The highest BCUT2D eigenvalue weighted by Gasteiger charge is 2.02. The van der Waals surface area contributed by atoms with Crippen LogP contribution in [-0.4, -0.2) is 11.1 Å². The Morgan fingerprint density at radius 1 is 1.00 bits per heavy atom. The summed E-state index contributed by atoms with van der Waals surface area (Å²) in [6, 6.07) is 15.1. The Bertz CT molecular complexity index is 579. The minimum absolute atomic E-state index is 0.316. The van der Waals surface area contributed by atoms with Crippen LogP contribution in [0.5, 0.6) is 0 Å². The Morgan fingerprint density at radius 2 is 1.65 bits per heavy atom. The topological polar surface area (TPSA) is 75.3 Å². The molecule has 0 spiro atoms. The van der Waals surface area contributed by atoms with Crippen molar-refractivity contribution in [3.8, 4) is 0 Å². The molecule has 2 rings (SSSR count). The first kappa shape index (κ1) is 14.2. The second-order valence-electron chi connectivity index (χ2n) is 4.63. The molecule has 0 unspecified atom stereocenters. The lowest BCUT2D eigenvalue weighted by Crippen LogP contribution is -2.13. The second kappa shape index (κ2) is 6.84. The maximum Gasteiger partial charge on any atom is 0.335 e. The van der Waals surface area contributed by atoms with Crippen molar-refractivity contribution >= 4 is 5.97 Å². The molecule has 0 bridgehead atoms. The van der Waals surface area contributed by atoms with E-state index in [1.807, 2.05) is 30.3 Å². The van der Waals surface area contributed by atoms with Gasteiger partial charge in [-0.3, -0.25) is 0 Å². The van der Waals surface area contributed by atoms with Crippen LogP contribution in [0.15, 0.2) is 48.5 Å². The van der Waals surface area contributed by atoms with Gasteiger partial charge in [0.25, 0.3) is 0 Å². The summed E-state index contributed by atoms with van der Waals surface area (Å²) in [5, 5.41) is 12.2. The zero-order valence-electron chi connectivity index (χ0n) is 11.2. The molecule has 0 heterocycles. The number of rotatable bonds is 6. The Labute approximate surface area is 118 Å². The predicted octanol–water partition coefficient (Wildman–Crippen LogP) is 2.13. The first-order valence-electron chi connectivity index (χ1n) is 6.50. The molecule has 2 aromatic carbocycles. The summed E-state index contributed by atoms with van der Waals surface area (Å²) in [7, 11) is 0. The summed E-state index contributed by atoms with van der Waals surface area (Å²) in [6.07, 6.45) is 0. The van der Waals surface area contributed by atoms with Crippen LogP contribution in [0.2, 0.25) is 0 Å². The fourth-order valence-corrected chi connectivity index (χ4v) is 1.96. The van der Waals surface area contributed by atoms with E-state index in [9.17, 15) is 4.79 Å². The highest BCUT2D eigenvalue weighted by atomic mass is 16.4. The normalized spacial score (nSPS) is 10.4. The van der Waals surface area contributed by atoms with E-state index in [0.717, 1.165) is 17.7 Å². The smallest absolute Gasteiger partial charge is 0.335 e. The highest BCUT2D eigenvalue weighted by Crippen LogP contribution is 2.07.